The fourth-order valence-electron chi connectivity index (χ4n) is 2.38. The Bertz CT molecular complexity index is 993. The number of H-pyrrole nitrogens is 1. The number of nitro benzene ring substituents is 1. The quantitative estimate of drug-likeness (QED) is 0.331. The molecule has 0 aliphatic carbocycles. The van der Waals surface area contributed by atoms with E-state index in [-0.39, 0.29) is 16.9 Å². The molecule has 0 aliphatic heterocycles. The molecular weight excluding hydrogens is 326 g/mol. The van der Waals surface area contributed by atoms with E-state index in [1.807, 2.05) is 0 Å². The van der Waals surface area contributed by atoms with E-state index in [0.717, 1.165) is 0 Å². The number of carbonyl (C=O) groups excluding carboxylic acids is 2. The van der Waals surface area contributed by atoms with Crippen LogP contribution in [0.3, 0.4) is 0 Å². The Balaban J connectivity index is 1.73. The van der Waals surface area contributed by atoms with Crippen LogP contribution < -0.4 is 0 Å². The Morgan fingerprint density at radius 1 is 1.24 bits per heavy atom. The lowest BCUT2D eigenvalue weighted by Crippen LogP contribution is -2.15. The van der Waals surface area contributed by atoms with Crippen molar-refractivity contribution < 1.29 is 19.2 Å². The zero-order valence-corrected chi connectivity index (χ0v) is 13.2. The fourth-order valence-corrected chi connectivity index (χ4v) is 2.38. The molecule has 0 saturated carbocycles. The van der Waals surface area contributed by atoms with Gasteiger partial charge in [0, 0.05) is 22.6 Å². The standard InChI is InChI=1S/C17H13N3O5/c1-10-6-7-11(8-14(10)20(23)24)15(21)9-25-17(22)16-12-4-2-3-5-13(12)18-19-16/h2-8H,9H2,1H3,(H,18,19). The molecule has 0 atom stereocenters. The molecule has 2 aromatic carbocycles. The van der Waals surface area contributed by atoms with Gasteiger partial charge in [-0.3, -0.25) is 20.0 Å². The van der Waals surface area contributed by atoms with Crippen molar-refractivity contribution in [2.75, 3.05) is 6.61 Å². The molecule has 0 radical (unpaired) electrons. The molecule has 0 bridgehead atoms. The minimum atomic E-state index is -0.743. The lowest BCUT2D eigenvalue weighted by Gasteiger charge is -2.04. The molecule has 126 valence electrons. The van der Waals surface area contributed by atoms with Crippen LogP contribution in [0.4, 0.5) is 5.69 Å². The molecule has 1 heterocycles. The van der Waals surface area contributed by atoms with E-state index in [2.05, 4.69) is 10.2 Å². The van der Waals surface area contributed by atoms with Gasteiger partial charge in [-0.25, -0.2) is 4.79 Å². The van der Waals surface area contributed by atoms with Crippen LogP contribution in [-0.2, 0) is 4.74 Å². The first-order chi connectivity index (χ1) is 12.0. The van der Waals surface area contributed by atoms with Gasteiger partial charge in [0.1, 0.15) is 0 Å². The summed E-state index contributed by atoms with van der Waals surface area (Å²) in [6.07, 6.45) is 0. The van der Waals surface area contributed by atoms with Gasteiger partial charge in [0.05, 0.1) is 10.4 Å². The van der Waals surface area contributed by atoms with Gasteiger partial charge in [0.15, 0.2) is 12.3 Å². The number of carbonyl (C=O) groups is 2. The van der Waals surface area contributed by atoms with Crippen LogP contribution in [0.25, 0.3) is 10.9 Å². The number of aromatic nitrogens is 2. The summed E-state index contributed by atoms with van der Waals surface area (Å²) in [6, 6.07) is 11.1. The highest BCUT2D eigenvalue weighted by atomic mass is 16.6. The average molecular weight is 339 g/mol. The van der Waals surface area contributed by atoms with Gasteiger partial charge in [-0.15, -0.1) is 0 Å². The SMILES string of the molecule is Cc1ccc(C(=O)COC(=O)c2n[nH]c3ccccc23)cc1[N+](=O)[O-]. The predicted molar refractivity (Wildman–Crippen MR) is 88.5 cm³/mol. The summed E-state index contributed by atoms with van der Waals surface area (Å²) < 4.78 is 5.00. The van der Waals surface area contributed by atoms with Crippen LogP contribution in [0, 0.1) is 17.0 Å². The second-order valence-corrected chi connectivity index (χ2v) is 5.38. The third-order valence-electron chi connectivity index (χ3n) is 3.73. The Morgan fingerprint density at radius 2 is 2.00 bits per heavy atom. The van der Waals surface area contributed by atoms with Crippen LogP contribution in [0.5, 0.6) is 0 Å². The van der Waals surface area contributed by atoms with Crippen molar-refractivity contribution in [3.8, 4) is 0 Å². The molecular formula is C17H13N3O5. The number of ether oxygens (including phenoxy) is 1. The third kappa shape index (κ3) is 3.23. The minimum absolute atomic E-state index is 0.0817. The highest BCUT2D eigenvalue weighted by Crippen LogP contribution is 2.20. The number of ketones is 1. The number of aryl methyl sites for hydroxylation is 1. The summed E-state index contributed by atoms with van der Waals surface area (Å²) in [5.41, 5.74) is 1.15. The number of hydrogen-bond donors (Lipinski definition) is 1. The topological polar surface area (TPSA) is 115 Å². The molecule has 0 aliphatic rings. The van der Waals surface area contributed by atoms with Crippen molar-refractivity contribution in [3.05, 3.63) is 69.4 Å². The Hall–Kier alpha value is -3.55. The van der Waals surface area contributed by atoms with Gasteiger partial charge in [0.2, 0.25) is 5.78 Å². The molecule has 0 unspecified atom stereocenters. The van der Waals surface area contributed by atoms with Gasteiger partial charge in [-0.2, -0.15) is 5.10 Å². The van der Waals surface area contributed by atoms with E-state index < -0.39 is 23.3 Å². The van der Waals surface area contributed by atoms with Crippen molar-refractivity contribution in [1.82, 2.24) is 10.2 Å². The molecule has 0 spiro atoms. The molecule has 0 amide bonds. The van der Waals surface area contributed by atoms with E-state index >= 15 is 0 Å². The number of benzene rings is 2. The second kappa shape index (κ2) is 6.52. The lowest BCUT2D eigenvalue weighted by molar-refractivity contribution is -0.385. The van der Waals surface area contributed by atoms with Gasteiger partial charge in [-0.05, 0) is 13.0 Å². The zero-order chi connectivity index (χ0) is 18.0. The van der Waals surface area contributed by atoms with Crippen molar-refractivity contribution in [2.45, 2.75) is 6.92 Å². The number of nitrogens with zero attached hydrogens (tertiary/aromatic N) is 2. The number of esters is 1. The second-order valence-electron chi connectivity index (χ2n) is 5.38. The minimum Gasteiger partial charge on any atom is -0.452 e. The van der Waals surface area contributed by atoms with Crippen molar-refractivity contribution in [2.24, 2.45) is 0 Å². The van der Waals surface area contributed by atoms with Gasteiger partial charge < -0.3 is 4.74 Å². The van der Waals surface area contributed by atoms with Crippen molar-refractivity contribution >= 4 is 28.3 Å². The summed E-state index contributed by atoms with van der Waals surface area (Å²) in [4.78, 5) is 34.6. The van der Waals surface area contributed by atoms with E-state index in [4.69, 9.17) is 4.74 Å². The monoisotopic (exact) mass is 339 g/mol. The summed E-state index contributed by atoms with van der Waals surface area (Å²) >= 11 is 0. The van der Waals surface area contributed by atoms with E-state index in [1.165, 1.54) is 18.2 Å². The summed E-state index contributed by atoms with van der Waals surface area (Å²) in [5, 5.41) is 18.1. The number of rotatable bonds is 5. The lowest BCUT2D eigenvalue weighted by atomic mass is 10.1. The molecule has 8 heteroatoms. The summed E-state index contributed by atoms with van der Waals surface area (Å²) in [5.74, 6) is -1.27. The van der Waals surface area contributed by atoms with Crippen LogP contribution in [0.2, 0.25) is 0 Å². The summed E-state index contributed by atoms with van der Waals surface area (Å²) in [7, 11) is 0. The number of para-hydroxylation sites is 1. The van der Waals surface area contributed by atoms with E-state index in [9.17, 15) is 19.7 Å². The van der Waals surface area contributed by atoms with Gasteiger partial charge >= 0.3 is 5.97 Å². The Morgan fingerprint density at radius 3 is 2.76 bits per heavy atom. The number of nitro groups is 1. The molecule has 1 aromatic heterocycles. The van der Waals surface area contributed by atoms with Crippen LogP contribution in [-0.4, -0.2) is 33.5 Å². The molecule has 25 heavy (non-hydrogen) atoms. The van der Waals surface area contributed by atoms with Crippen LogP contribution in [0.1, 0.15) is 26.4 Å². The van der Waals surface area contributed by atoms with Gasteiger partial charge in [0.25, 0.3) is 5.69 Å². The maximum atomic E-state index is 12.1. The number of nitrogens with one attached hydrogen (secondary N) is 1. The smallest absolute Gasteiger partial charge is 0.359 e. The average Bonchev–Trinajstić information content (AvgIpc) is 3.03. The molecule has 3 aromatic rings. The van der Waals surface area contributed by atoms with Crippen LogP contribution >= 0.6 is 0 Å². The van der Waals surface area contributed by atoms with Crippen molar-refractivity contribution in [1.29, 1.82) is 0 Å². The maximum absolute atomic E-state index is 12.1. The maximum Gasteiger partial charge on any atom is 0.359 e. The van der Waals surface area contributed by atoms with Gasteiger partial charge in [-0.1, -0.05) is 30.3 Å². The Kier molecular flexibility index (Phi) is 4.25. The molecule has 3 rings (SSSR count). The number of aromatic amines is 1. The van der Waals surface area contributed by atoms with E-state index in [1.54, 1.807) is 31.2 Å². The van der Waals surface area contributed by atoms with E-state index in [0.29, 0.717) is 16.5 Å². The first-order valence-electron chi connectivity index (χ1n) is 7.36. The number of fused-ring (bicyclic) bond motifs is 1. The Labute approximate surface area is 141 Å². The fraction of sp³-hybridized carbons (Fsp3) is 0.118. The predicted octanol–water partition coefficient (Wildman–Crippen LogP) is 2.82. The number of Topliss-reactive ketones (excluding diaryl/α,β-unsaturated/α-hetero) is 1. The van der Waals surface area contributed by atoms with Crippen LogP contribution in [0.15, 0.2) is 42.5 Å². The first-order valence-corrected chi connectivity index (χ1v) is 7.36. The first kappa shape index (κ1) is 16.3. The zero-order valence-electron chi connectivity index (χ0n) is 13.2. The molecule has 0 saturated heterocycles. The normalized spacial score (nSPS) is 10.6. The highest BCUT2D eigenvalue weighted by molar-refractivity contribution is 6.04. The molecule has 1 N–H and O–H groups in total. The van der Waals surface area contributed by atoms with Crippen molar-refractivity contribution in [3.63, 3.8) is 0 Å². The third-order valence-corrected chi connectivity index (χ3v) is 3.73. The number of hydrogen-bond acceptors (Lipinski definition) is 6. The molecule has 8 nitrogen and oxygen atoms in total. The molecule has 0 fully saturated rings. The highest BCUT2D eigenvalue weighted by Gasteiger charge is 2.19. The summed E-state index contributed by atoms with van der Waals surface area (Å²) in [6.45, 7) is 1.05. The largest absolute Gasteiger partial charge is 0.452 e.